The summed E-state index contributed by atoms with van der Waals surface area (Å²) in [5, 5.41) is 0. The lowest BCUT2D eigenvalue weighted by atomic mass is 9.94. The Balaban J connectivity index is 1.48. The maximum atomic E-state index is 13.3. The topological polar surface area (TPSA) is 105 Å². The van der Waals surface area contributed by atoms with E-state index < -0.39 is 0 Å². The predicted molar refractivity (Wildman–Crippen MR) is 103 cm³/mol. The van der Waals surface area contributed by atoms with Crippen molar-refractivity contribution < 1.29 is 14.3 Å². The molecule has 2 atom stereocenters. The minimum Gasteiger partial charge on any atom is -0.384 e. The summed E-state index contributed by atoms with van der Waals surface area (Å²) in [7, 11) is 0. The number of likely N-dealkylation sites (tertiary alicyclic amines) is 1. The molecule has 2 bridgehead atoms. The van der Waals surface area contributed by atoms with Crippen molar-refractivity contribution >= 4 is 23.6 Å². The van der Waals surface area contributed by atoms with Gasteiger partial charge in [-0.25, -0.2) is 4.98 Å². The molecule has 0 aromatic carbocycles. The highest BCUT2D eigenvalue weighted by atomic mass is 16.5. The third-order valence-corrected chi connectivity index (χ3v) is 5.99. The predicted octanol–water partition coefficient (Wildman–Crippen LogP) is -0.0191. The second-order valence-corrected chi connectivity index (χ2v) is 8.01. The van der Waals surface area contributed by atoms with Gasteiger partial charge in [-0.05, 0) is 18.9 Å². The maximum Gasteiger partial charge on any atom is 0.227 e. The Labute approximate surface area is 164 Å². The van der Waals surface area contributed by atoms with Crippen molar-refractivity contribution in [1.82, 2.24) is 19.8 Å². The van der Waals surface area contributed by atoms with Gasteiger partial charge in [-0.1, -0.05) is 0 Å². The highest BCUT2D eigenvalue weighted by Crippen LogP contribution is 2.27. The van der Waals surface area contributed by atoms with Gasteiger partial charge in [-0.2, -0.15) is 4.98 Å². The number of carbonyl (C=O) groups excluding carboxylic acids is 2. The highest BCUT2D eigenvalue weighted by Gasteiger charge is 2.39. The summed E-state index contributed by atoms with van der Waals surface area (Å²) >= 11 is 0. The number of piperidine rings is 1. The molecule has 2 amide bonds. The fourth-order valence-corrected chi connectivity index (χ4v) is 4.47. The van der Waals surface area contributed by atoms with E-state index in [1.165, 1.54) is 0 Å². The summed E-state index contributed by atoms with van der Waals surface area (Å²) in [5.41, 5.74) is 5.83. The van der Waals surface area contributed by atoms with Crippen LogP contribution in [-0.2, 0) is 14.3 Å². The number of nitrogens with zero attached hydrogens (tertiary/aromatic N) is 5. The molecule has 1 aromatic rings. The van der Waals surface area contributed by atoms with Crippen LogP contribution >= 0.6 is 0 Å². The minimum atomic E-state index is -0.0316. The van der Waals surface area contributed by atoms with E-state index >= 15 is 0 Å². The number of amides is 2. The quantitative estimate of drug-likeness (QED) is 0.759. The summed E-state index contributed by atoms with van der Waals surface area (Å²) in [4.78, 5) is 39.6. The Bertz CT molecular complexity index is 736. The first-order valence-electron chi connectivity index (χ1n) is 9.98. The number of anilines is 2. The molecule has 9 heteroatoms. The second kappa shape index (κ2) is 7.90. The first kappa shape index (κ1) is 18.9. The molecule has 152 valence electrons. The number of fused-ring (bicyclic) bond motifs is 3. The second-order valence-electron chi connectivity index (χ2n) is 8.01. The summed E-state index contributed by atoms with van der Waals surface area (Å²) in [6.45, 7) is 6.13. The first-order chi connectivity index (χ1) is 13.5. The summed E-state index contributed by atoms with van der Waals surface area (Å²) in [5.74, 6) is 1.52. The molecule has 3 aliphatic heterocycles. The first-order valence-corrected chi connectivity index (χ1v) is 9.98. The molecule has 3 fully saturated rings. The van der Waals surface area contributed by atoms with Gasteiger partial charge >= 0.3 is 0 Å². The van der Waals surface area contributed by atoms with Gasteiger partial charge in [-0.3, -0.25) is 9.59 Å². The number of ether oxygens (including phenoxy) is 1. The van der Waals surface area contributed by atoms with Gasteiger partial charge in [-0.15, -0.1) is 0 Å². The third-order valence-electron chi connectivity index (χ3n) is 5.99. The number of aromatic nitrogens is 2. The summed E-state index contributed by atoms with van der Waals surface area (Å²) < 4.78 is 5.85. The van der Waals surface area contributed by atoms with Gasteiger partial charge in [0, 0.05) is 57.7 Å². The van der Waals surface area contributed by atoms with E-state index in [1.54, 1.807) is 19.2 Å². The summed E-state index contributed by atoms with van der Waals surface area (Å²) in [6, 6.07) is 1.64. The van der Waals surface area contributed by atoms with Gasteiger partial charge < -0.3 is 25.2 Å². The van der Waals surface area contributed by atoms with Gasteiger partial charge in [0.25, 0.3) is 0 Å². The van der Waals surface area contributed by atoms with E-state index in [4.69, 9.17) is 10.5 Å². The molecule has 3 aliphatic rings. The molecular formula is C19H28N6O3. The number of hydrogen-bond donors (Lipinski definition) is 1. The molecule has 0 spiro atoms. The number of nitrogens with two attached hydrogens (primary N) is 1. The Morgan fingerprint density at radius 2 is 1.96 bits per heavy atom. The maximum absolute atomic E-state index is 13.3. The van der Waals surface area contributed by atoms with Crippen molar-refractivity contribution in [2.75, 3.05) is 56.6 Å². The number of carbonyl (C=O) groups is 2. The van der Waals surface area contributed by atoms with Crippen molar-refractivity contribution in [3.8, 4) is 0 Å². The molecule has 9 nitrogen and oxygen atoms in total. The fraction of sp³-hybridized carbons (Fsp3) is 0.684. The molecule has 28 heavy (non-hydrogen) atoms. The van der Waals surface area contributed by atoms with Crippen molar-refractivity contribution in [2.45, 2.75) is 25.8 Å². The molecule has 0 saturated carbocycles. The SMILES string of the molecule is CC(=O)N1CCC(C(=O)N2C[C@H]3COC[C@@H]2CN(c2nccc(N)n2)C3)CC1. The average molecular weight is 388 g/mol. The highest BCUT2D eigenvalue weighted by molar-refractivity contribution is 5.80. The van der Waals surface area contributed by atoms with E-state index in [0.29, 0.717) is 51.2 Å². The number of hydrogen-bond acceptors (Lipinski definition) is 7. The molecule has 0 radical (unpaired) electrons. The van der Waals surface area contributed by atoms with Gasteiger partial charge in [0.15, 0.2) is 0 Å². The monoisotopic (exact) mass is 388 g/mol. The van der Waals surface area contributed by atoms with Gasteiger partial charge in [0.2, 0.25) is 17.8 Å². The third kappa shape index (κ3) is 3.89. The van der Waals surface area contributed by atoms with E-state index in [0.717, 1.165) is 19.4 Å². The van der Waals surface area contributed by atoms with E-state index in [2.05, 4.69) is 14.9 Å². The van der Waals surface area contributed by atoms with Crippen LogP contribution in [-0.4, -0.2) is 83.6 Å². The molecular weight excluding hydrogens is 360 g/mol. The number of nitrogen functional groups attached to an aromatic ring is 1. The van der Waals surface area contributed by atoms with E-state index in [-0.39, 0.29) is 29.7 Å². The van der Waals surface area contributed by atoms with Gasteiger partial charge in [0.1, 0.15) is 5.82 Å². The normalized spacial score (nSPS) is 26.1. The Morgan fingerprint density at radius 3 is 2.68 bits per heavy atom. The lowest BCUT2D eigenvalue weighted by Gasteiger charge is -2.36. The minimum absolute atomic E-state index is 0.0213. The van der Waals surface area contributed by atoms with Crippen LogP contribution in [0.1, 0.15) is 19.8 Å². The van der Waals surface area contributed by atoms with Crippen LogP contribution < -0.4 is 10.6 Å². The Morgan fingerprint density at radius 1 is 1.18 bits per heavy atom. The van der Waals surface area contributed by atoms with Gasteiger partial charge in [0.05, 0.1) is 19.3 Å². The fourth-order valence-electron chi connectivity index (χ4n) is 4.47. The zero-order valence-electron chi connectivity index (χ0n) is 16.3. The molecule has 4 rings (SSSR count). The zero-order chi connectivity index (χ0) is 19.7. The Kier molecular flexibility index (Phi) is 5.34. The summed E-state index contributed by atoms with van der Waals surface area (Å²) in [6.07, 6.45) is 3.13. The van der Waals surface area contributed by atoms with Crippen LogP contribution in [0.25, 0.3) is 0 Å². The lowest BCUT2D eigenvalue weighted by Crippen LogP contribution is -2.50. The van der Waals surface area contributed by atoms with E-state index in [9.17, 15) is 9.59 Å². The van der Waals surface area contributed by atoms with Crippen LogP contribution in [0, 0.1) is 11.8 Å². The lowest BCUT2D eigenvalue weighted by molar-refractivity contribution is -0.142. The molecule has 0 aliphatic carbocycles. The van der Waals surface area contributed by atoms with Crippen LogP contribution in [0.15, 0.2) is 12.3 Å². The van der Waals surface area contributed by atoms with E-state index in [1.807, 2.05) is 9.80 Å². The largest absolute Gasteiger partial charge is 0.384 e. The van der Waals surface area contributed by atoms with Crippen molar-refractivity contribution in [3.05, 3.63) is 12.3 Å². The van der Waals surface area contributed by atoms with Crippen molar-refractivity contribution in [1.29, 1.82) is 0 Å². The molecule has 0 unspecified atom stereocenters. The van der Waals surface area contributed by atoms with Crippen molar-refractivity contribution in [3.63, 3.8) is 0 Å². The molecule has 4 heterocycles. The van der Waals surface area contributed by atoms with Crippen LogP contribution in [0.2, 0.25) is 0 Å². The molecule has 2 N–H and O–H groups in total. The molecule has 1 aromatic heterocycles. The molecule has 3 saturated heterocycles. The van der Waals surface area contributed by atoms with Crippen LogP contribution in [0.4, 0.5) is 11.8 Å². The average Bonchev–Trinajstić information content (AvgIpc) is 2.98. The van der Waals surface area contributed by atoms with Crippen LogP contribution in [0.5, 0.6) is 0 Å². The zero-order valence-corrected chi connectivity index (χ0v) is 16.3. The smallest absolute Gasteiger partial charge is 0.227 e. The van der Waals surface area contributed by atoms with Crippen molar-refractivity contribution in [2.24, 2.45) is 11.8 Å². The Hall–Kier alpha value is -2.42. The number of rotatable bonds is 2. The van der Waals surface area contributed by atoms with Crippen LogP contribution in [0.3, 0.4) is 0 Å². The standard InChI is InChI=1S/C19H28N6O3/c1-13(26)23-6-3-15(4-7-23)18(27)25-9-14-8-24(10-16(25)12-28-11-14)19-21-5-2-17(20)22-19/h2,5,14-16H,3-4,6-12H2,1H3,(H2,20,21,22)/t14-,16-/m0/s1.